The molecule has 2 aromatic rings. The molecule has 4 heteroatoms. The Labute approximate surface area is 69.4 Å². The van der Waals surface area contributed by atoms with Crippen LogP contribution in [0.15, 0.2) is 22.8 Å². The van der Waals surface area contributed by atoms with Crippen LogP contribution in [0.1, 0.15) is 5.56 Å². The van der Waals surface area contributed by atoms with E-state index in [-0.39, 0.29) is 0 Å². The summed E-state index contributed by atoms with van der Waals surface area (Å²) in [6.07, 6.45) is 1.62. The lowest BCUT2D eigenvalue weighted by molar-refractivity contribution is 0.603. The predicted octanol–water partition coefficient (Wildman–Crippen LogP) is 1.42. The molecular formula is C8H9N3O. The number of hydrazine groups is 1. The van der Waals surface area contributed by atoms with Gasteiger partial charge < -0.3 is 9.84 Å². The number of furan rings is 1. The van der Waals surface area contributed by atoms with Gasteiger partial charge in [-0.1, -0.05) is 0 Å². The van der Waals surface area contributed by atoms with Gasteiger partial charge >= 0.3 is 0 Å². The van der Waals surface area contributed by atoms with Crippen molar-refractivity contribution in [3.8, 4) is 0 Å². The number of nitrogens with one attached hydrogen (secondary N) is 1. The van der Waals surface area contributed by atoms with Crippen molar-refractivity contribution in [2.75, 3.05) is 5.43 Å². The number of pyridine rings is 1. The molecule has 12 heavy (non-hydrogen) atoms. The quantitative estimate of drug-likeness (QED) is 0.493. The average Bonchev–Trinajstić information content (AvgIpc) is 2.52. The summed E-state index contributed by atoms with van der Waals surface area (Å²) in [5.74, 6) is 5.84. The highest BCUT2D eigenvalue weighted by atomic mass is 16.3. The molecule has 0 fully saturated rings. The van der Waals surface area contributed by atoms with Crippen LogP contribution < -0.4 is 11.3 Å². The van der Waals surface area contributed by atoms with Crippen LogP contribution in [0.2, 0.25) is 0 Å². The number of aromatic nitrogens is 1. The molecule has 0 spiro atoms. The molecule has 0 aliphatic rings. The SMILES string of the molecule is Cc1cc(NN)nc2occc12. The number of hydrogen-bond donors (Lipinski definition) is 2. The zero-order valence-corrected chi connectivity index (χ0v) is 6.66. The number of anilines is 1. The summed E-state index contributed by atoms with van der Waals surface area (Å²) in [5.41, 5.74) is 4.19. The van der Waals surface area contributed by atoms with Crippen LogP contribution in [0.4, 0.5) is 5.82 Å². The molecule has 0 amide bonds. The third-order valence-corrected chi connectivity index (χ3v) is 1.79. The number of nitrogen functional groups attached to an aromatic ring is 1. The van der Waals surface area contributed by atoms with Crippen LogP contribution in [0.3, 0.4) is 0 Å². The molecule has 0 aliphatic heterocycles. The Morgan fingerprint density at radius 3 is 3.17 bits per heavy atom. The fourth-order valence-corrected chi connectivity index (χ4v) is 1.19. The number of fused-ring (bicyclic) bond motifs is 1. The van der Waals surface area contributed by atoms with Crippen molar-refractivity contribution in [1.29, 1.82) is 0 Å². The monoisotopic (exact) mass is 163 g/mol. The maximum absolute atomic E-state index is 5.22. The standard InChI is InChI=1S/C8H9N3O/c1-5-4-7(11-9)10-8-6(5)2-3-12-8/h2-4H,9H2,1H3,(H,10,11). The van der Waals surface area contributed by atoms with Crippen molar-refractivity contribution in [1.82, 2.24) is 4.98 Å². The van der Waals surface area contributed by atoms with Crippen molar-refractivity contribution in [2.24, 2.45) is 5.84 Å². The average molecular weight is 163 g/mol. The van der Waals surface area contributed by atoms with Gasteiger partial charge in [0.1, 0.15) is 5.82 Å². The van der Waals surface area contributed by atoms with Crippen molar-refractivity contribution in [3.63, 3.8) is 0 Å². The molecule has 3 N–H and O–H groups in total. The molecule has 0 unspecified atom stereocenters. The van der Waals surface area contributed by atoms with E-state index in [2.05, 4.69) is 10.4 Å². The Balaban J connectivity index is 2.75. The first-order valence-electron chi connectivity index (χ1n) is 3.63. The van der Waals surface area contributed by atoms with Crippen LogP contribution in [-0.2, 0) is 0 Å². The highest BCUT2D eigenvalue weighted by Crippen LogP contribution is 2.19. The molecule has 2 rings (SSSR count). The van der Waals surface area contributed by atoms with Crippen LogP contribution in [0, 0.1) is 6.92 Å². The zero-order valence-electron chi connectivity index (χ0n) is 6.66. The molecule has 0 saturated carbocycles. The molecule has 4 nitrogen and oxygen atoms in total. The molecule has 0 atom stereocenters. The summed E-state index contributed by atoms with van der Waals surface area (Å²) in [6, 6.07) is 3.76. The Kier molecular flexibility index (Phi) is 1.48. The topological polar surface area (TPSA) is 64.1 Å². The fraction of sp³-hybridized carbons (Fsp3) is 0.125. The van der Waals surface area contributed by atoms with E-state index in [1.165, 1.54) is 0 Å². The second kappa shape index (κ2) is 2.49. The van der Waals surface area contributed by atoms with Gasteiger partial charge in [-0.25, -0.2) is 5.84 Å². The number of nitrogens with two attached hydrogens (primary N) is 1. The second-order valence-electron chi connectivity index (χ2n) is 2.61. The molecule has 0 aliphatic carbocycles. The van der Waals surface area contributed by atoms with Gasteiger partial charge in [-0.2, -0.15) is 4.98 Å². The first-order valence-corrected chi connectivity index (χ1v) is 3.63. The number of rotatable bonds is 1. The summed E-state index contributed by atoms with van der Waals surface area (Å²) >= 11 is 0. The minimum atomic E-state index is 0.614. The zero-order chi connectivity index (χ0) is 8.55. The third-order valence-electron chi connectivity index (χ3n) is 1.79. The molecule has 0 radical (unpaired) electrons. The Morgan fingerprint density at radius 1 is 1.58 bits per heavy atom. The lowest BCUT2D eigenvalue weighted by atomic mass is 10.2. The van der Waals surface area contributed by atoms with Gasteiger partial charge in [-0.15, -0.1) is 0 Å². The van der Waals surface area contributed by atoms with E-state index in [0.29, 0.717) is 11.5 Å². The van der Waals surface area contributed by atoms with E-state index in [1.807, 2.05) is 19.1 Å². The third kappa shape index (κ3) is 0.931. The minimum absolute atomic E-state index is 0.614. The van der Waals surface area contributed by atoms with Crippen LogP contribution >= 0.6 is 0 Å². The number of hydrogen-bond acceptors (Lipinski definition) is 4. The maximum Gasteiger partial charge on any atom is 0.228 e. The van der Waals surface area contributed by atoms with Crippen LogP contribution in [-0.4, -0.2) is 4.98 Å². The van der Waals surface area contributed by atoms with Crippen molar-refractivity contribution in [2.45, 2.75) is 6.92 Å². The van der Waals surface area contributed by atoms with E-state index < -0.39 is 0 Å². The number of nitrogens with zero attached hydrogens (tertiary/aromatic N) is 1. The van der Waals surface area contributed by atoms with Gasteiger partial charge in [0.05, 0.1) is 6.26 Å². The second-order valence-corrected chi connectivity index (χ2v) is 2.61. The maximum atomic E-state index is 5.22. The lowest BCUT2D eigenvalue weighted by Gasteiger charge is -1.99. The summed E-state index contributed by atoms with van der Waals surface area (Å²) in [6.45, 7) is 1.99. The van der Waals surface area contributed by atoms with Crippen molar-refractivity contribution < 1.29 is 4.42 Å². The van der Waals surface area contributed by atoms with E-state index in [1.54, 1.807) is 6.26 Å². The molecule has 0 saturated heterocycles. The summed E-state index contributed by atoms with van der Waals surface area (Å²) in [4.78, 5) is 4.11. The van der Waals surface area contributed by atoms with E-state index >= 15 is 0 Å². The van der Waals surface area contributed by atoms with Crippen molar-refractivity contribution >= 4 is 16.9 Å². The molecule has 62 valence electrons. The van der Waals surface area contributed by atoms with Gasteiger partial charge in [0.2, 0.25) is 5.71 Å². The first-order chi connectivity index (χ1) is 5.81. The molecular weight excluding hydrogens is 154 g/mol. The summed E-state index contributed by atoms with van der Waals surface area (Å²) < 4.78 is 5.13. The normalized spacial score (nSPS) is 10.5. The Hall–Kier alpha value is -1.55. The highest BCUT2D eigenvalue weighted by molar-refractivity contribution is 5.79. The summed E-state index contributed by atoms with van der Waals surface area (Å²) in [5, 5.41) is 1.02. The van der Waals surface area contributed by atoms with E-state index in [4.69, 9.17) is 10.3 Å². The van der Waals surface area contributed by atoms with Gasteiger partial charge in [-0.05, 0) is 24.6 Å². The molecule has 2 heterocycles. The highest BCUT2D eigenvalue weighted by Gasteiger charge is 2.03. The van der Waals surface area contributed by atoms with E-state index in [0.717, 1.165) is 10.9 Å². The first kappa shape index (κ1) is 7.12. The Morgan fingerprint density at radius 2 is 2.42 bits per heavy atom. The van der Waals surface area contributed by atoms with Gasteiger partial charge in [0, 0.05) is 5.39 Å². The summed E-state index contributed by atoms with van der Waals surface area (Å²) in [7, 11) is 0. The number of aryl methyl sites for hydroxylation is 1. The van der Waals surface area contributed by atoms with E-state index in [9.17, 15) is 0 Å². The molecule has 2 aromatic heterocycles. The van der Waals surface area contributed by atoms with Gasteiger partial charge in [0.15, 0.2) is 0 Å². The predicted molar refractivity (Wildman–Crippen MR) is 46.6 cm³/mol. The van der Waals surface area contributed by atoms with Crippen LogP contribution in [0.5, 0.6) is 0 Å². The van der Waals surface area contributed by atoms with Gasteiger partial charge in [0.25, 0.3) is 0 Å². The minimum Gasteiger partial charge on any atom is -0.446 e. The van der Waals surface area contributed by atoms with Crippen LogP contribution in [0.25, 0.3) is 11.1 Å². The smallest absolute Gasteiger partial charge is 0.228 e. The largest absolute Gasteiger partial charge is 0.446 e. The lowest BCUT2D eigenvalue weighted by Crippen LogP contribution is -2.08. The fourth-order valence-electron chi connectivity index (χ4n) is 1.19. The van der Waals surface area contributed by atoms with Gasteiger partial charge in [-0.3, -0.25) is 0 Å². The molecule has 0 aromatic carbocycles. The van der Waals surface area contributed by atoms with Crippen molar-refractivity contribution in [3.05, 3.63) is 24.0 Å². The Bertz CT molecular complexity index is 408. The molecule has 0 bridgehead atoms.